The van der Waals surface area contributed by atoms with Gasteiger partial charge in [0, 0.05) is 13.1 Å². The molecule has 4 heterocycles. The summed E-state index contributed by atoms with van der Waals surface area (Å²) in [6, 6.07) is 13.5. The molecule has 0 N–H and O–H groups in total. The zero-order valence-corrected chi connectivity index (χ0v) is 17.2. The molecule has 7 nitrogen and oxygen atoms in total. The van der Waals surface area contributed by atoms with Crippen LogP contribution < -0.4 is 10.3 Å². The number of hydrogen-bond donors (Lipinski definition) is 0. The predicted octanol–water partition coefficient (Wildman–Crippen LogP) is 4.35. The Morgan fingerprint density at radius 2 is 1.84 bits per heavy atom. The summed E-state index contributed by atoms with van der Waals surface area (Å²) in [6.45, 7) is 3.85. The number of piperidine rings is 1. The Morgan fingerprint density at radius 1 is 1.00 bits per heavy atom. The largest absolute Gasteiger partial charge is 0.463 e. The smallest absolute Gasteiger partial charge is 0.204 e. The van der Waals surface area contributed by atoms with Gasteiger partial charge in [-0.15, -0.1) is 10.2 Å². The Balaban J connectivity index is 1.67. The molecule has 1 saturated heterocycles. The number of aryl methyl sites for hydroxylation is 1. The van der Waals surface area contributed by atoms with Crippen LogP contribution in [0.2, 0.25) is 0 Å². The summed E-state index contributed by atoms with van der Waals surface area (Å²) in [7, 11) is 0. The minimum absolute atomic E-state index is 0.111. The monoisotopic (exact) mass is 411 g/mol. The molecule has 0 amide bonds. The van der Waals surface area contributed by atoms with Crippen molar-refractivity contribution in [2.75, 3.05) is 18.0 Å². The van der Waals surface area contributed by atoms with Crippen LogP contribution in [0.3, 0.4) is 0 Å². The number of aromatic nitrogens is 4. The summed E-state index contributed by atoms with van der Waals surface area (Å²) in [5, 5.41) is 9.48. The number of fused-ring (bicyclic) bond motifs is 4. The van der Waals surface area contributed by atoms with E-state index in [0.29, 0.717) is 28.0 Å². The molecule has 1 aliphatic rings. The molecule has 0 spiro atoms. The molecule has 31 heavy (non-hydrogen) atoms. The zero-order chi connectivity index (χ0) is 20.9. The van der Waals surface area contributed by atoms with Crippen LogP contribution in [0.15, 0.2) is 57.9 Å². The van der Waals surface area contributed by atoms with E-state index in [2.05, 4.69) is 15.1 Å². The molecule has 0 bridgehead atoms. The Labute approximate surface area is 178 Å². The minimum atomic E-state index is -0.111. The standard InChI is InChI=1S/C24H21N5O2/c1-15-9-10-20-16(13-15)21(30)17(14-31-20)22-26-27-24-23(28-11-5-2-6-12-28)25-18-7-3-4-8-19(18)29(22)24/h3-4,7-10,13-14H,2,5-6,11-12H2,1H3. The fraction of sp³-hybridized carbons (Fsp3) is 0.250. The number of rotatable bonds is 2. The summed E-state index contributed by atoms with van der Waals surface area (Å²) in [5.74, 6) is 1.29. The van der Waals surface area contributed by atoms with E-state index >= 15 is 0 Å². The molecule has 0 atom stereocenters. The molecular formula is C24H21N5O2. The number of hydrogen-bond acceptors (Lipinski definition) is 6. The van der Waals surface area contributed by atoms with Crippen molar-refractivity contribution in [2.45, 2.75) is 26.2 Å². The van der Waals surface area contributed by atoms with E-state index in [4.69, 9.17) is 9.40 Å². The van der Waals surface area contributed by atoms with E-state index < -0.39 is 0 Å². The molecule has 0 radical (unpaired) electrons. The third-order valence-corrected chi connectivity index (χ3v) is 6.04. The topological polar surface area (TPSA) is 76.5 Å². The van der Waals surface area contributed by atoms with Gasteiger partial charge in [0.1, 0.15) is 17.4 Å². The highest BCUT2D eigenvalue weighted by molar-refractivity contribution is 5.87. The molecule has 0 unspecified atom stereocenters. The molecule has 0 aliphatic carbocycles. The van der Waals surface area contributed by atoms with Gasteiger partial charge in [-0.25, -0.2) is 4.98 Å². The first-order valence-corrected chi connectivity index (χ1v) is 10.6. The van der Waals surface area contributed by atoms with Gasteiger partial charge in [0.2, 0.25) is 11.1 Å². The van der Waals surface area contributed by atoms with Crippen LogP contribution in [0.5, 0.6) is 0 Å². The van der Waals surface area contributed by atoms with Gasteiger partial charge in [0.05, 0.1) is 16.4 Å². The van der Waals surface area contributed by atoms with Crippen LogP contribution in [0.4, 0.5) is 5.82 Å². The second-order valence-electron chi connectivity index (χ2n) is 8.13. The lowest BCUT2D eigenvalue weighted by atomic mass is 10.1. The van der Waals surface area contributed by atoms with Crippen LogP contribution in [0.25, 0.3) is 39.0 Å². The Kier molecular flexibility index (Phi) is 4.02. The molecule has 2 aromatic carbocycles. The zero-order valence-electron chi connectivity index (χ0n) is 17.2. The van der Waals surface area contributed by atoms with Gasteiger partial charge in [-0.2, -0.15) is 0 Å². The van der Waals surface area contributed by atoms with E-state index in [1.54, 1.807) is 0 Å². The van der Waals surface area contributed by atoms with Crippen molar-refractivity contribution in [1.82, 2.24) is 19.6 Å². The SMILES string of the molecule is Cc1ccc2occ(-c3nnc4c(N5CCCCC5)nc5ccccc5n34)c(=O)c2c1. The van der Waals surface area contributed by atoms with E-state index in [0.717, 1.165) is 48.3 Å². The maximum atomic E-state index is 13.4. The third-order valence-electron chi connectivity index (χ3n) is 6.04. The molecular weight excluding hydrogens is 390 g/mol. The molecule has 1 fully saturated rings. The second kappa shape index (κ2) is 6.91. The van der Waals surface area contributed by atoms with E-state index in [1.165, 1.54) is 12.7 Å². The lowest BCUT2D eigenvalue weighted by Gasteiger charge is -2.28. The number of benzene rings is 2. The third kappa shape index (κ3) is 2.80. The van der Waals surface area contributed by atoms with Crippen molar-refractivity contribution < 1.29 is 4.42 Å². The average Bonchev–Trinajstić information content (AvgIpc) is 3.25. The first-order valence-electron chi connectivity index (χ1n) is 10.6. The van der Waals surface area contributed by atoms with Gasteiger partial charge >= 0.3 is 0 Å². The Bertz CT molecular complexity index is 1510. The van der Waals surface area contributed by atoms with Crippen LogP contribution in [-0.4, -0.2) is 32.7 Å². The van der Waals surface area contributed by atoms with Crippen molar-refractivity contribution in [3.05, 3.63) is 64.5 Å². The average molecular weight is 411 g/mol. The first-order chi connectivity index (χ1) is 15.2. The van der Waals surface area contributed by atoms with E-state index in [9.17, 15) is 4.79 Å². The molecule has 154 valence electrons. The summed E-state index contributed by atoms with van der Waals surface area (Å²) in [4.78, 5) is 20.6. The quantitative estimate of drug-likeness (QED) is 0.430. The van der Waals surface area contributed by atoms with Crippen LogP contribution in [0.1, 0.15) is 24.8 Å². The van der Waals surface area contributed by atoms with Crippen LogP contribution >= 0.6 is 0 Å². The molecule has 3 aromatic heterocycles. The highest BCUT2D eigenvalue weighted by Gasteiger charge is 2.23. The molecule has 7 heteroatoms. The predicted molar refractivity (Wildman–Crippen MR) is 121 cm³/mol. The molecule has 1 aliphatic heterocycles. The fourth-order valence-electron chi connectivity index (χ4n) is 4.46. The minimum Gasteiger partial charge on any atom is -0.463 e. The van der Waals surface area contributed by atoms with Crippen LogP contribution in [-0.2, 0) is 0 Å². The second-order valence-corrected chi connectivity index (χ2v) is 8.13. The summed E-state index contributed by atoms with van der Waals surface area (Å²) < 4.78 is 7.75. The summed E-state index contributed by atoms with van der Waals surface area (Å²) in [6.07, 6.45) is 4.99. The van der Waals surface area contributed by atoms with E-state index in [-0.39, 0.29) is 5.43 Å². The maximum Gasteiger partial charge on any atom is 0.204 e. The van der Waals surface area contributed by atoms with Crippen molar-refractivity contribution in [3.8, 4) is 11.4 Å². The first kappa shape index (κ1) is 18.1. The number of anilines is 1. The fourth-order valence-corrected chi connectivity index (χ4v) is 4.46. The van der Waals surface area contributed by atoms with Gasteiger partial charge in [-0.3, -0.25) is 9.20 Å². The van der Waals surface area contributed by atoms with Crippen molar-refractivity contribution >= 4 is 33.5 Å². The van der Waals surface area contributed by atoms with E-state index in [1.807, 2.05) is 53.8 Å². The molecule has 0 saturated carbocycles. The molecule has 5 aromatic rings. The molecule has 6 rings (SSSR count). The van der Waals surface area contributed by atoms with Gasteiger partial charge in [-0.05, 0) is 50.5 Å². The highest BCUT2D eigenvalue weighted by atomic mass is 16.3. The number of para-hydroxylation sites is 2. The lowest BCUT2D eigenvalue weighted by molar-refractivity contribution is 0.574. The summed E-state index contributed by atoms with van der Waals surface area (Å²) >= 11 is 0. The van der Waals surface area contributed by atoms with Crippen LogP contribution in [0, 0.1) is 6.92 Å². The van der Waals surface area contributed by atoms with Crippen molar-refractivity contribution in [3.63, 3.8) is 0 Å². The normalized spacial score (nSPS) is 14.7. The van der Waals surface area contributed by atoms with Crippen molar-refractivity contribution in [2.24, 2.45) is 0 Å². The van der Waals surface area contributed by atoms with Gasteiger partial charge in [0.15, 0.2) is 11.6 Å². The Hall–Kier alpha value is -3.74. The maximum absolute atomic E-state index is 13.4. The lowest BCUT2D eigenvalue weighted by Crippen LogP contribution is -2.30. The van der Waals surface area contributed by atoms with Gasteiger partial charge < -0.3 is 9.32 Å². The highest BCUT2D eigenvalue weighted by Crippen LogP contribution is 2.29. The van der Waals surface area contributed by atoms with Gasteiger partial charge in [0.25, 0.3) is 0 Å². The number of nitrogens with zero attached hydrogens (tertiary/aromatic N) is 5. The Morgan fingerprint density at radius 3 is 2.71 bits per heavy atom. The van der Waals surface area contributed by atoms with Gasteiger partial charge in [-0.1, -0.05) is 23.8 Å². The van der Waals surface area contributed by atoms with Crippen molar-refractivity contribution in [1.29, 1.82) is 0 Å². The summed E-state index contributed by atoms with van der Waals surface area (Å²) in [5.41, 5.74) is 4.23.